The number of halogens is 1. The maximum absolute atomic E-state index is 13.7. The van der Waals surface area contributed by atoms with Gasteiger partial charge in [-0.25, -0.2) is 4.98 Å². The van der Waals surface area contributed by atoms with E-state index in [-0.39, 0.29) is 5.56 Å². The molecule has 2 aromatic heterocycles. The molecule has 0 radical (unpaired) electrons. The lowest BCUT2D eigenvalue weighted by Crippen LogP contribution is -2.24. The SMILES string of the molecule is O=c1c2c3c(sc2nc(SCC(=NO)c2ccc(Cl)cc2)n1Cc1ccccc1)CCCC3. The molecule has 0 unspecified atom stereocenters. The molecule has 0 saturated heterocycles. The van der Waals surface area contributed by atoms with E-state index in [4.69, 9.17) is 16.6 Å². The highest BCUT2D eigenvalue weighted by Gasteiger charge is 2.22. The van der Waals surface area contributed by atoms with Crippen LogP contribution in [0.3, 0.4) is 0 Å². The van der Waals surface area contributed by atoms with Gasteiger partial charge in [0.2, 0.25) is 0 Å². The van der Waals surface area contributed by atoms with Crippen molar-refractivity contribution in [1.29, 1.82) is 0 Å². The molecule has 0 spiro atoms. The quantitative estimate of drug-likeness (QED) is 0.117. The monoisotopic (exact) mass is 495 g/mol. The standard InChI is InChI=1S/C25H22ClN3O2S2/c26-18-12-10-17(11-13-18)20(28-31)15-32-25-27-23-22(19-8-4-5-9-21(19)33-23)24(30)29(25)14-16-6-2-1-3-7-16/h1-3,6-7,10-13,31H,4-5,8-9,14-15H2. The predicted molar refractivity (Wildman–Crippen MR) is 137 cm³/mol. The second-order valence-corrected chi connectivity index (χ2v) is 10.5. The van der Waals surface area contributed by atoms with Gasteiger partial charge in [-0.1, -0.05) is 71.0 Å². The van der Waals surface area contributed by atoms with Gasteiger partial charge in [0.05, 0.1) is 17.6 Å². The van der Waals surface area contributed by atoms with Crippen LogP contribution in [0.15, 0.2) is 69.7 Å². The highest BCUT2D eigenvalue weighted by Crippen LogP contribution is 2.35. The molecule has 1 aliphatic rings. The topological polar surface area (TPSA) is 67.5 Å². The molecule has 5 nitrogen and oxygen atoms in total. The second-order valence-electron chi connectivity index (χ2n) is 8.00. The zero-order chi connectivity index (χ0) is 22.8. The van der Waals surface area contributed by atoms with E-state index in [1.807, 2.05) is 42.5 Å². The largest absolute Gasteiger partial charge is 0.411 e. The number of aryl methyl sites for hydroxylation is 2. The zero-order valence-electron chi connectivity index (χ0n) is 17.8. The average Bonchev–Trinajstić information content (AvgIpc) is 3.22. The molecular weight excluding hydrogens is 474 g/mol. The van der Waals surface area contributed by atoms with Gasteiger partial charge in [0.25, 0.3) is 5.56 Å². The number of benzene rings is 2. The number of thioether (sulfide) groups is 1. The van der Waals surface area contributed by atoms with Crippen LogP contribution in [0.25, 0.3) is 10.2 Å². The first-order valence-corrected chi connectivity index (χ1v) is 13.0. The van der Waals surface area contributed by atoms with Crippen LogP contribution in [0.2, 0.25) is 5.02 Å². The Hall–Kier alpha value is -2.61. The molecule has 0 aliphatic heterocycles. The van der Waals surface area contributed by atoms with Gasteiger partial charge in [0, 0.05) is 21.2 Å². The third kappa shape index (κ3) is 4.58. The van der Waals surface area contributed by atoms with Gasteiger partial charge in [-0.2, -0.15) is 0 Å². The predicted octanol–water partition coefficient (Wildman–Crippen LogP) is 6.01. The van der Waals surface area contributed by atoms with E-state index in [0.717, 1.165) is 47.0 Å². The number of nitrogens with zero attached hydrogens (tertiary/aromatic N) is 3. The number of aromatic nitrogens is 2. The van der Waals surface area contributed by atoms with Crippen molar-refractivity contribution in [2.24, 2.45) is 5.16 Å². The minimum Gasteiger partial charge on any atom is -0.411 e. The third-order valence-electron chi connectivity index (χ3n) is 5.86. The van der Waals surface area contributed by atoms with Gasteiger partial charge in [-0.3, -0.25) is 9.36 Å². The van der Waals surface area contributed by atoms with Gasteiger partial charge >= 0.3 is 0 Å². The van der Waals surface area contributed by atoms with Crippen molar-refractivity contribution >= 4 is 50.6 Å². The number of thiophene rings is 1. The summed E-state index contributed by atoms with van der Waals surface area (Å²) in [6.45, 7) is 0.447. The molecule has 0 fully saturated rings. The molecule has 0 amide bonds. The van der Waals surface area contributed by atoms with Gasteiger partial charge < -0.3 is 5.21 Å². The first-order chi connectivity index (χ1) is 16.1. The maximum Gasteiger partial charge on any atom is 0.263 e. The summed E-state index contributed by atoms with van der Waals surface area (Å²) in [4.78, 5) is 20.8. The highest BCUT2D eigenvalue weighted by atomic mass is 35.5. The Morgan fingerprint density at radius 3 is 2.64 bits per heavy atom. The van der Waals surface area contributed by atoms with Gasteiger partial charge in [0.1, 0.15) is 4.83 Å². The summed E-state index contributed by atoms with van der Waals surface area (Å²) in [6, 6.07) is 17.1. The average molecular weight is 496 g/mol. The fourth-order valence-electron chi connectivity index (χ4n) is 4.18. The second kappa shape index (κ2) is 9.71. The van der Waals surface area contributed by atoms with E-state index in [2.05, 4.69) is 5.16 Å². The summed E-state index contributed by atoms with van der Waals surface area (Å²) in [6.07, 6.45) is 4.25. The Kier molecular flexibility index (Phi) is 6.53. The lowest BCUT2D eigenvalue weighted by atomic mass is 9.97. The van der Waals surface area contributed by atoms with Gasteiger partial charge in [-0.15, -0.1) is 11.3 Å². The van der Waals surface area contributed by atoms with Crippen molar-refractivity contribution in [3.05, 3.63) is 91.5 Å². The van der Waals surface area contributed by atoms with Crippen LogP contribution < -0.4 is 5.56 Å². The molecular formula is C25H22ClN3O2S2. The smallest absolute Gasteiger partial charge is 0.263 e. The van der Waals surface area contributed by atoms with E-state index >= 15 is 0 Å². The van der Waals surface area contributed by atoms with E-state index in [0.29, 0.717) is 28.2 Å². The number of hydrogen-bond acceptors (Lipinski definition) is 6. The Labute approximate surface area is 204 Å². The molecule has 2 heterocycles. The Balaban J connectivity index is 1.55. The molecule has 4 aromatic rings. The van der Waals surface area contributed by atoms with E-state index < -0.39 is 0 Å². The van der Waals surface area contributed by atoms with Crippen molar-refractivity contribution in [3.8, 4) is 0 Å². The minimum atomic E-state index is 0.0136. The van der Waals surface area contributed by atoms with Crippen LogP contribution in [-0.4, -0.2) is 26.2 Å². The lowest BCUT2D eigenvalue weighted by molar-refractivity contribution is 0.319. The molecule has 0 atom stereocenters. The number of rotatable bonds is 6. The Morgan fingerprint density at radius 2 is 1.88 bits per heavy atom. The van der Waals surface area contributed by atoms with E-state index in [9.17, 15) is 10.0 Å². The van der Waals surface area contributed by atoms with Crippen molar-refractivity contribution in [2.75, 3.05) is 5.75 Å². The number of hydrogen-bond donors (Lipinski definition) is 1. The van der Waals surface area contributed by atoms with E-state index in [1.165, 1.54) is 22.2 Å². The Morgan fingerprint density at radius 1 is 1.12 bits per heavy atom. The molecule has 33 heavy (non-hydrogen) atoms. The highest BCUT2D eigenvalue weighted by molar-refractivity contribution is 7.99. The van der Waals surface area contributed by atoms with Crippen LogP contribution in [0, 0.1) is 0 Å². The fraction of sp³-hybridized carbons (Fsp3) is 0.240. The lowest BCUT2D eigenvalue weighted by Gasteiger charge is -2.14. The van der Waals surface area contributed by atoms with E-state index in [1.54, 1.807) is 28.0 Å². The first-order valence-electron chi connectivity index (χ1n) is 10.8. The summed E-state index contributed by atoms with van der Waals surface area (Å²) >= 11 is 9.05. The summed E-state index contributed by atoms with van der Waals surface area (Å²) in [5, 5.41) is 15.1. The molecule has 5 rings (SSSR count). The molecule has 1 aliphatic carbocycles. The van der Waals surface area contributed by atoms with Gasteiger partial charge in [0.15, 0.2) is 5.16 Å². The summed E-state index contributed by atoms with van der Waals surface area (Å²) in [7, 11) is 0. The molecule has 0 bridgehead atoms. The van der Waals surface area contributed by atoms with Crippen molar-refractivity contribution < 1.29 is 5.21 Å². The Bertz CT molecular complexity index is 1380. The van der Waals surface area contributed by atoms with Crippen LogP contribution in [0.4, 0.5) is 0 Å². The van der Waals surface area contributed by atoms with Crippen LogP contribution in [-0.2, 0) is 19.4 Å². The molecule has 0 saturated carbocycles. The summed E-state index contributed by atoms with van der Waals surface area (Å²) in [5.74, 6) is 0.371. The molecule has 1 N–H and O–H groups in total. The van der Waals surface area contributed by atoms with Crippen molar-refractivity contribution in [2.45, 2.75) is 37.4 Å². The van der Waals surface area contributed by atoms with Crippen LogP contribution in [0.1, 0.15) is 34.4 Å². The fourth-order valence-corrected chi connectivity index (χ4v) is 6.57. The number of fused-ring (bicyclic) bond motifs is 3. The first kappa shape index (κ1) is 22.2. The van der Waals surface area contributed by atoms with Crippen molar-refractivity contribution in [3.63, 3.8) is 0 Å². The normalized spacial score (nSPS) is 13.9. The van der Waals surface area contributed by atoms with Crippen LogP contribution >= 0.6 is 34.7 Å². The third-order valence-corrected chi connectivity index (χ3v) is 8.28. The van der Waals surface area contributed by atoms with Gasteiger partial charge in [-0.05, 0) is 48.9 Å². The molecule has 8 heteroatoms. The molecule has 168 valence electrons. The maximum atomic E-state index is 13.7. The zero-order valence-corrected chi connectivity index (χ0v) is 20.2. The molecule has 2 aromatic carbocycles. The minimum absolute atomic E-state index is 0.0136. The summed E-state index contributed by atoms with van der Waals surface area (Å²) in [5.41, 5.74) is 3.53. The summed E-state index contributed by atoms with van der Waals surface area (Å²) < 4.78 is 1.76. The number of oxime groups is 1. The van der Waals surface area contributed by atoms with Crippen molar-refractivity contribution in [1.82, 2.24) is 9.55 Å². The van der Waals surface area contributed by atoms with Crippen LogP contribution in [0.5, 0.6) is 0 Å².